The lowest BCUT2D eigenvalue weighted by molar-refractivity contribution is -0.138. The van der Waals surface area contributed by atoms with Crippen molar-refractivity contribution in [1.82, 2.24) is 14.8 Å². The molecule has 1 N–H and O–H groups in total. The van der Waals surface area contributed by atoms with Gasteiger partial charge < -0.3 is 5.32 Å². The van der Waals surface area contributed by atoms with Crippen LogP contribution in [-0.2, 0) is 25.4 Å². The lowest BCUT2D eigenvalue weighted by atomic mass is 10.1. The summed E-state index contributed by atoms with van der Waals surface area (Å²) in [6.45, 7) is 2.26. The highest BCUT2D eigenvalue weighted by Crippen LogP contribution is 2.34. The highest BCUT2D eigenvalue weighted by molar-refractivity contribution is 7.09. The van der Waals surface area contributed by atoms with Gasteiger partial charge in [-0.05, 0) is 42.8 Å². The Morgan fingerprint density at radius 2 is 1.59 bits per heavy atom. The molecule has 0 saturated heterocycles. The minimum absolute atomic E-state index is 0.0985. The van der Waals surface area contributed by atoms with Crippen LogP contribution in [0.15, 0.2) is 48.0 Å². The van der Waals surface area contributed by atoms with E-state index >= 15 is 0 Å². The van der Waals surface area contributed by atoms with Crippen molar-refractivity contribution in [2.45, 2.75) is 32.4 Å². The van der Waals surface area contributed by atoms with Crippen molar-refractivity contribution in [2.24, 2.45) is 0 Å². The van der Waals surface area contributed by atoms with Crippen LogP contribution in [0.1, 0.15) is 27.3 Å². The first-order valence-corrected chi connectivity index (χ1v) is 10.3. The Kier molecular flexibility index (Phi) is 5.61. The molecule has 168 valence electrons. The molecule has 4 aromatic rings. The van der Waals surface area contributed by atoms with Crippen LogP contribution in [0, 0.1) is 6.92 Å². The van der Waals surface area contributed by atoms with Gasteiger partial charge in [-0.2, -0.15) is 31.4 Å². The maximum absolute atomic E-state index is 13.3. The number of anilines is 1. The molecular weight excluding hydrogens is 454 g/mol. The maximum atomic E-state index is 13.3. The third-order valence-corrected chi connectivity index (χ3v) is 5.89. The van der Waals surface area contributed by atoms with Gasteiger partial charge in [0.15, 0.2) is 5.82 Å². The van der Waals surface area contributed by atoms with Gasteiger partial charge in [-0.15, -0.1) is 11.3 Å². The monoisotopic (exact) mass is 470 g/mol. The van der Waals surface area contributed by atoms with Gasteiger partial charge in [0.1, 0.15) is 0 Å². The predicted octanol–water partition coefficient (Wildman–Crippen LogP) is 6.50. The molecule has 0 aliphatic carbocycles. The van der Waals surface area contributed by atoms with Crippen molar-refractivity contribution >= 4 is 28.1 Å². The molecular formula is C21H16F6N4S. The van der Waals surface area contributed by atoms with Crippen LogP contribution in [0.25, 0.3) is 10.9 Å². The van der Waals surface area contributed by atoms with Gasteiger partial charge in [0, 0.05) is 10.3 Å². The summed E-state index contributed by atoms with van der Waals surface area (Å²) >= 11 is 1.41. The Bertz CT molecular complexity index is 1240. The van der Waals surface area contributed by atoms with E-state index in [2.05, 4.69) is 15.4 Å². The number of thiazole rings is 1. The number of fused-ring (bicyclic) bond motifs is 1. The Balaban J connectivity index is 1.69. The first kappa shape index (κ1) is 22.1. The second-order valence-corrected chi connectivity index (χ2v) is 8.08. The number of rotatable bonds is 5. The van der Waals surface area contributed by atoms with E-state index in [1.807, 2.05) is 6.92 Å². The van der Waals surface area contributed by atoms with Crippen LogP contribution in [0.4, 0.5) is 32.2 Å². The lowest BCUT2D eigenvalue weighted by Crippen LogP contribution is -2.07. The molecule has 0 atom stereocenters. The summed E-state index contributed by atoms with van der Waals surface area (Å²) in [4.78, 5) is 5.07. The first-order chi connectivity index (χ1) is 15.0. The summed E-state index contributed by atoms with van der Waals surface area (Å²) in [5, 5.41) is 7.75. The van der Waals surface area contributed by atoms with Crippen LogP contribution in [0.3, 0.4) is 0 Å². The van der Waals surface area contributed by atoms with Crippen LogP contribution in [0.5, 0.6) is 0 Å². The molecule has 0 bridgehead atoms. The molecule has 32 heavy (non-hydrogen) atoms. The third-order valence-electron chi connectivity index (χ3n) is 4.95. The largest absolute Gasteiger partial charge is 0.416 e. The van der Waals surface area contributed by atoms with Crippen LogP contribution < -0.4 is 5.32 Å². The number of halogens is 6. The fraction of sp³-hybridized carbons (Fsp3) is 0.238. The predicted molar refractivity (Wildman–Crippen MR) is 109 cm³/mol. The Morgan fingerprint density at radius 1 is 0.938 bits per heavy atom. The van der Waals surface area contributed by atoms with Crippen molar-refractivity contribution < 1.29 is 26.3 Å². The number of aromatic nitrogens is 3. The fourth-order valence-corrected chi connectivity index (χ4v) is 3.96. The molecule has 11 heteroatoms. The van der Waals surface area contributed by atoms with E-state index in [1.54, 1.807) is 5.51 Å². The van der Waals surface area contributed by atoms with Crippen molar-refractivity contribution in [3.05, 3.63) is 75.2 Å². The van der Waals surface area contributed by atoms with Gasteiger partial charge in [0.05, 0.1) is 40.9 Å². The number of alkyl halides is 6. The molecule has 2 heterocycles. The normalized spacial score (nSPS) is 12.5. The molecule has 0 radical (unpaired) electrons. The van der Waals surface area contributed by atoms with E-state index in [9.17, 15) is 26.3 Å². The highest BCUT2D eigenvalue weighted by Gasteiger charge is 2.32. The van der Waals surface area contributed by atoms with E-state index in [4.69, 9.17) is 0 Å². The quantitative estimate of drug-likeness (QED) is 0.339. The molecule has 0 aliphatic heterocycles. The van der Waals surface area contributed by atoms with Crippen molar-refractivity contribution in [3.63, 3.8) is 0 Å². The third kappa shape index (κ3) is 4.57. The highest BCUT2D eigenvalue weighted by atomic mass is 32.1. The van der Waals surface area contributed by atoms with Crippen molar-refractivity contribution in [1.29, 1.82) is 0 Å². The first-order valence-electron chi connectivity index (χ1n) is 9.39. The lowest BCUT2D eigenvalue weighted by Gasteiger charge is -2.09. The van der Waals surface area contributed by atoms with Crippen LogP contribution in [-0.4, -0.2) is 14.8 Å². The summed E-state index contributed by atoms with van der Waals surface area (Å²) in [5.74, 6) is 0.255. The second kappa shape index (κ2) is 8.12. The summed E-state index contributed by atoms with van der Waals surface area (Å²) in [6, 6.07) is 7.89. The Hall–Kier alpha value is -3.08. The number of aryl methyl sites for hydroxylation is 1. The summed E-state index contributed by atoms with van der Waals surface area (Å²) < 4.78 is 79.6. The van der Waals surface area contributed by atoms with Crippen molar-refractivity contribution in [2.75, 3.05) is 5.32 Å². The molecule has 0 saturated carbocycles. The van der Waals surface area contributed by atoms with Crippen molar-refractivity contribution in [3.8, 4) is 0 Å². The van der Waals surface area contributed by atoms with Gasteiger partial charge in [-0.1, -0.05) is 12.1 Å². The second-order valence-electron chi connectivity index (χ2n) is 7.15. The molecule has 2 aromatic heterocycles. The van der Waals surface area contributed by atoms with E-state index in [-0.39, 0.29) is 17.7 Å². The standard InChI is InChI=1S/C21H16F6N4S/c1-12-18(32-11-29-12)9-28-19-16-8-15(21(25,26)27)6-7-17(16)31(30-19)10-13-2-4-14(5-3-13)20(22,23)24/h2-8,11H,9-10H2,1H3,(H,28,30). The Morgan fingerprint density at radius 3 is 2.19 bits per heavy atom. The SMILES string of the molecule is Cc1ncsc1CNc1nn(Cc2ccc(C(F)(F)F)cc2)c2ccc(C(F)(F)F)cc12. The smallest absolute Gasteiger partial charge is 0.363 e. The number of benzene rings is 2. The molecule has 2 aromatic carbocycles. The van der Waals surface area contributed by atoms with Gasteiger partial charge in [0.25, 0.3) is 0 Å². The van der Waals surface area contributed by atoms with Gasteiger partial charge in [0.2, 0.25) is 0 Å². The average Bonchev–Trinajstić information content (AvgIpc) is 3.28. The van der Waals surface area contributed by atoms with E-state index in [0.717, 1.165) is 34.8 Å². The molecule has 0 amide bonds. The number of nitrogens with one attached hydrogen (secondary N) is 1. The van der Waals surface area contributed by atoms with Gasteiger partial charge in [-0.3, -0.25) is 4.68 Å². The van der Waals surface area contributed by atoms with Gasteiger partial charge >= 0.3 is 12.4 Å². The maximum Gasteiger partial charge on any atom is 0.416 e. The van der Waals surface area contributed by atoms with E-state index < -0.39 is 23.5 Å². The van der Waals surface area contributed by atoms with Crippen LogP contribution >= 0.6 is 11.3 Å². The summed E-state index contributed by atoms with van der Waals surface area (Å²) in [6.07, 6.45) is -8.97. The molecule has 0 spiro atoms. The van der Waals surface area contributed by atoms with Gasteiger partial charge in [-0.25, -0.2) is 4.98 Å². The van der Waals surface area contributed by atoms with E-state index in [1.165, 1.54) is 34.2 Å². The molecule has 0 aliphatic rings. The topological polar surface area (TPSA) is 42.7 Å². The fourth-order valence-electron chi connectivity index (χ4n) is 3.24. The molecule has 0 unspecified atom stereocenters. The van der Waals surface area contributed by atoms with Crippen LogP contribution in [0.2, 0.25) is 0 Å². The zero-order valence-corrected chi connectivity index (χ0v) is 17.4. The number of hydrogen-bond donors (Lipinski definition) is 1. The minimum Gasteiger partial charge on any atom is -0.363 e. The zero-order chi connectivity index (χ0) is 23.1. The summed E-state index contributed by atoms with van der Waals surface area (Å²) in [7, 11) is 0. The van der Waals surface area contributed by atoms with E-state index in [0.29, 0.717) is 17.6 Å². The molecule has 4 nitrogen and oxygen atoms in total. The number of hydrogen-bond acceptors (Lipinski definition) is 4. The summed E-state index contributed by atoms with van der Waals surface area (Å²) in [5.41, 5.74) is 1.87. The Labute approximate surface area is 182 Å². The number of nitrogens with zero attached hydrogens (tertiary/aromatic N) is 3. The molecule has 0 fully saturated rings. The molecule has 4 rings (SSSR count). The zero-order valence-electron chi connectivity index (χ0n) is 16.6. The average molecular weight is 470 g/mol. The minimum atomic E-state index is -4.52.